The number of ether oxygens (including phenoxy) is 2. The van der Waals surface area contributed by atoms with Crippen LogP contribution in [0.1, 0.15) is 22.3 Å². The summed E-state index contributed by atoms with van der Waals surface area (Å²) in [5, 5.41) is 3.09. The number of methoxy groups -OCH3 is 2. The number of nitrogens with zero attached hydrogens (tertiary/aromatic N) is 2. The average Bonchev–Trinajstić information content (AvgIpc) is 2.77. The van der Waals surface area contributed by atoms with Gasteiger partial charge in [0.05, 0.1) is 14.2 Å². The lowest BCUT2D eigenvalue weighted by atomic mass is 9.99. The van der Waals surface area contributed by atoms with Crippen LogP contribution in [0.2, 0.25) is 0 Å². The summed E-state index contributed by atoms with van der Waals surface area (Å²) >= 11 is 0. The molecule has 4 rings (SSSR count). The second-order valence-corrected chi connectivity index (χ2v) is 7.67. The molecule has 29 heavy (non-hydrogen) atoms. The van der Waals surface area contributed by atoms with Crippen molar-refractivity contribution < 1.29 is 14.3 Å². The molecule has 0 bridgehead atoms. The molecule has 0 saturated heterocycles. The minimum Gasteiger partial charge on any atom is -0.493 e. The Morgan fingerprint density at radius 2 is 1.62 bits per heavy atom. The number of hydrogen-bond acceptors (Lipinski definition) is 4. The Labute approximate surface area is 172 Å². The summed E-state index contributed by atoms with van der Waals surface area (Å²) in [6.45, 7) is 4.85. The van der Waals surface area contributed by atoms with E-state index in [-0.39, 0.29) is 6.03 Å². The van der Waals surface area contributed by atoms with Crippen LogP contribution < -0.4 is 14.8 Å². The van der Waals surface area contributed by atoms with Crippen molar-refractivity contribution in [1.29, 1.82) is 0 Å². The molecule has 6 nitrogen and oxygen atoms in total. The van der Waals surface area contributed by atoms with Crippen LogP contribution in [0, 0.1) is 0 Å². The monoisotopic (exact) mass is 395 g/mol. The predicted molar refractivity (Wildman–Crippen MR) is 112 cm³/mol. The summed E-state index contributed by atoms with van der Waals surface area (Å²) in [4.78, 5) is 16.9. The summed E-state index contributed by atoms with van der Waals surface area (Å²) in [7, 11) is 3.28. The van der Waals surface area contributed by atoms with Crippen LogP contribution in [0.5, 0.6) is 11.5 Å². The fourth-order valence-corrected chi connectivity index (χ4v) is 4.23. The largest absolute Gasteiger partial charge is 0.493 e. The first-order valence-corrected chi connectivity index (χ1v) is 10.2. The smallest absolute Gasteiger partial charge is 0.317 e. The summed E-state index contributed by atoms with van der Waals surface area (Å²) in [6, 6.07) is 12.6. The highest BCUT2D eigenvalue weighted by Crippen LogP contribution is 2.33. The van der Waals surface area contributed by atoms with Gasteiger partial charge in [0.2, 0.25) is 0 Å². The number of carbonyl (C=O) groups excluding carboxylic acids is 1. The molecule has 0 unspecified atom stereocenters. The van der Waals surface area contributed by atoms with Crippen LogP contribution in [0.25, 0.3) is 0 Å². The Morgan fingerprint density at radius 1 is 0.931 bits per heavy atom. The van der Waals surface area contributed by atoms with Crippen molar-refractivity contribution in [3.63, 3.8) is 0 Å². The highest BCUT2D eigenvalue weighted by atomic mass is 16.5. The fourth-order valence-electron chi connectivity index (χ4n) is 4.23. The van der Waals surface area contributed by atoms with E-state index < -0.39 is 0 Å². The van der Waals surface area contributed by atoms with E-state index in [1.165, 1.54) is 16.7 Å². The van der Waals surface area contributed by atoms with E-state index >= 15 is 0 Å². The number of amides is 2. The fraction of sp³-hybridized carbons (Fsp3) is 0.435. The van der Waals surface area contributed by atoms with Crippen molar-refractivity contribution in [3.05, 3.63) is 58.7 Å². The molecule has 2 aliphatic heterocycles. The third-order valence-corrected chi connectivity index (χ3v) is 5.92. The standard InChI is InChI=1S/C23H29N3O3/c1-28-21-13-18-8-11-26(16-20(18)14-22(21)29-2)23(27)24-9-12-25-10-7-17-5-3-4-6-19(17)15-25/h3-6,13-14H,7-12,15-16H2,1-2H3,(H,24,27). The number of urea groups is 1. The van der Waals surface area contributed by atoms with E-state index in [1.54, 1.807) is 14.2 Å². The summed E-state index contributed by atoms with van der Waals surface area (Å²) in [5.41, 5.74) is 5.20. The molecule has 2 aliphatic rings. The van der Waals surface area contributed by atoms with Crippen molar-refractivity contribution in [2.75, 3.05) is 40.4 Å². The van der Waals surface area contributed by atoms with Crippen LogP contribution in [0.15, 0.2) is 36.4 Å². The minimum atomic E-state index is 0.00263. The van der Waals surface area contributed by atoms with E-state index in [9.17, 15) is 4.79 Å². The molecule has 2 aromatic carbocycles. The molecule has 2 aromatic rings. The lowest BCUT2D eigenvalue weighted by Crippen LogP contribution is -2.45. The lowest BCUT2D eigenvalue weighted by Gasteiger charge is -2.31. The van der Waals surface area contributed by atoms with Gasteiger partial charge in [0, 0.05) is 39.3 Å². The number of rotatable bonds is 5. The maximum Gasteiger partial charge on any atom is 0.317 e. The average molecular weight is 396 g/mol. The van der Waals surface area contributed by atoms with Gasteiger partial charge in [-0.1, -0.05) is 24.3 Å². The van der Waals surface area contributed by atoms with Gasteiger partial charge in [0.15, 0.2) is 11.5 Å². The highest BCUT2D eigenvalue weighted by molar-refractivity contribution is 5.74. The summed E-state index contributed by atoms with van der Waals surface area (Å²) in [6.07, 6.45) is 1.91. The Balaban J connectivity index is 1.29. The predicted octanol–water partition coefficient (Wildman–Crippen LogP) is 2.83. The number of nitrogens with one attached hydrogen (secondary N) is 1. The van der Waals surface area contributed by atoms with Gasteiger partial charge >= 0.3 is 6.03 Å². The lowest BCUT2D eigenvalue weighted by molar-refractivity contribution is 0.188. The van der Waals surface area contributed by atoms with Crippen LogP contribution in [-0.2, 0) is 25.9 Å². The van der Waals surface area contributed by atoms with Crippen molar-refractivity contribution in [2.24, 2.45) is 0 Å². The zero-order valence-electron chi connectivity index (χ0n) is 17.2. The molecule has 0 saturated carbocycles. The topological polar surface area (TPSA) is 54.0 Å². The van der Waals surface area contributed by atoms with Gasteiger partial charge in [0.25, 0.3) is 0 Å². The van der Waals surface area contributed by atoms with E-state index in [2.05, 4.69) is 34.5 Å². The highest BCUT2D eigenvalue weighted by Gasteiger charge is 2.23. The third-order valence-electron chi connectivity index (χ3n) is 5.92. The maximum atomic E-state index is 12.7. The molecule has 2 amide bonds. The minimum absolute atomic E-state index is 0.00263. The Bertz CT molecular complexity index is 884. The first-order valence-electron chi connectivity index (χ1n) is 10.2. The molecule has 0 fully saturated rings. The number of benzene rings is 2. The molecule has 1 N–H and O–H groups in total. The Morgan fingerprint density at radius 3 is 2.38 bits per heavy atom. The number of fused-ring (bicyclic) bond motifs is 2. The first kappa shape index (κ1) is 19.6. The van der Waals surface area contributed by atoms with Crippen LogP contribution >= 0.6 is 0 Å². The van der Waals surface area contributed by atoms with E-state index in [4.69, 9.17) is 9.47 Å². The molecule has 0 aromatic heterocycles. The number of carbonyl (C=O) groups is 1. The van der Waals surface area contributed by atoms with Crippen LogP contribution in [0.3, 0.4) is 0 Å². The van der Waals surface area contributed by atoms with Gasteiger partial charge in [-0.05, 0) is 47.2 Å². The van der Waals surface area contributed by atoms with Crippen LogP contribution in [0.4, 0.5) is 4.79 Å². The quantitative estimate of drug-likeness (QED) is 0.846. The summed E-state index contributed by atoms with van der Waals surface area (Å²) < 4.78 is 10.8. The molecule has 0 atom stereocenters. The molecule has 2 heterocycles. The second-order valence-electron chi connectivity index (χ2n) is 7.67. The molecule has 0 spiro atoms. The molecular formula is C23H29N3O3. The maximum absolute atomic E-state index is 12.7. The Kier molecular flexibility index (Phi) is 5.90. The van der Waals surface area contributed by atoms with Gasteiger partial charge in [0.1, 0.15) is 0 Å². The Hall–Kier alpha value is -2.73. The summed E-state index contributed by atoms with van der Waals surface area (Å²) in [5.74, 6) is 1.45. The van der Waals surface area contributed by atoms with E-state index in [0.29, 0.717) is 25.4 Å². The first-order chi connectivity index (χ1) is 14.2. The zero-order chi connectivity index (χ0) is 20.2. The number of hydrogen-bond donors (Lipinski definition) is 1. The third kappa shape index (κ3) is 4.32. The van der Waals surface area contributed by atoms with Gasteiger partial charge in [-0.3, -0.25) is 4.90 Å². The van der Waals surface area contributed by atoms with Crippen molar-refractivity contribution in [3.8, 4) is 11.5 Å². The molecule has 0 aliphatic carbocycles. The van der Waals surface area contributed by atoms with Gasteiger partial charge in [-0.2, -0.15) is 0 Å². The van der Waals surface area contributed by atoms with Crippen molar-refractivity contribution in [2.45, 2.75) is 25.9 Å². The molecular weight excluding hydrogens is 366 g/mol. The molecule has 154 valence electrons. The van der Waals surface area contributed by atoms with Gasteiger partial charge < -0.3 is 19.7 Å². The van der Waals surface area contributed by atoms with E-state index in [0.717, 1.165) is 43.8 Å². The van der Waals surface area contributed by atoms with Crippen molar-refractivity contribution >= 4 is 6.03 Å². The zero-order valence-corrected chi connectivity index (χ0v) is 17.2. The normalized spacial score (nSPS) is 16.0. The SMILES string of the molecule is COc1cc2c(cc1OC)CN(C(=O)NCCN1CCc3ccccc3C1)CC2. The van der Waals surface area contributed by atoms with Gasteiger partial charge in [-0.25, -0.2) is 4.79 Å². The van der Waals surface area contributed by atoms with Gasteiger partial charge in [-0.15, -0.1) is 0 Å². The second kappa shape index (κ2) is 8.74. The van der Waals surface area contributed by atoms with Crippen molar-refractivity contribution in [1.82, 2.24) is 15.1 Å². The van der Waals surface area contributed by atoms with E-state index in [1.807, 2.05) is 17.0 Å². The molecule has 6 heteroatoms. The molecule has 0 radical (unpaired) electrons. The van der Waals surface area contributed by atoms with Crippen LogP contribution in [-0.4, -0.2) is 56.2 Å².